The van der Waals surface area contributed by atoms with E-state index in [2.05, 4.69) is 26.6 Å². The number of nitrogens with one attached hydrogen (secondary N) is 2. The van der Waals surface area contributed by atoms with Crippen LogP contribution in [0.4, 0.5) is 4.39 Å². The van der Waals surface area contributed by atoms with Crippen LogP contribution < -0.4 is 10.6 Å². The van der Waals surface area contributed by atoms with Gasteiger partial charge in [-0.05, 0) is 72.4 Å². The van der Waals surface area contributed by atoms with Crippen molar-refractivity contribution in [1.29, 1.82) is 0 Å². The fourth-order valence-electron chi connectivity index (χ4n) is 2.33. The van der Waals surface area contributed by atoms with Gasteiger partial charge in [0.1, 0.15) is 5.82 Å². The molecule has 0 aliphatic carbocycles. The van der Waals surface area contributed by atoms with Crippen LogP contribution >= 0.6 is 28.3 Å². The van der Waals surface area contributed by atoms with Crippen LogP contribution in [0.5, 0.6) is 0 Å². The van der Waals surface area contributed by atoms with Gasteiger partial charge in [0.15, 0.2) is 0 Å². The summed E-state index contributed by atoms with van der Waals surface area (Å²) in [6, 6.07) is 4.13. The molecule has 0 saturated carbocycles. The minimum absolute atomic E-state index is 0. The quantitative estimate of drug-likeness (QED) is 0.861. The van der Waals surface area contributed by atoms with Crippen molar-refractivity contribution < 1.29 is 9.18 Å². The molecule has 2 rings (SSSR count). The lowest BCUT2D eigenvalue weighted by atomic mass is 9.96. The lowest BCUT2D eigenvalue weighted by molar-refractivity contribution is 0.0949. The molecule has 0 aromatic heterocycles. The van der Waals surface area contributed by atoms with Crippen molar-refractivity contribution in [2.45, 2.75) is 19.3 Å². The second kappa shape index (κ2) is 8.60. The summed E-state index contributed by atoms with van der Waals surface area (Å²) in [5.41, 5.74) is 0.349. The lowest BCUT2D eigenvalue weighted by Gasteiger charge is -2.22. The summed E-state index contributed by atoms with van der Waals surface area (Å²) in [5, 5.41) is 6.20. The summed E-state index contributed by atoms with van der Waals surface area (Å²) in [6.45, 7) is 2.76. The van der Waals surface area contributed by atoms with Gasteiger partial charge in [-0.15, -0.1) is 12.4 Å². The monoisotopic (exact) mass is 364 g/mol. The molecule has 1 heterocycles. The summed E-state index contributed by atoms with van der Waals surface area (Å²) in [4.78, 5) is 11.9. The van der Waals surface area contributed by atoms with Gasteiger partial charge in [0.2, 0.25) is 0 Å². The van der Waals surface area contributed by atoms with Gasteiger partial charge in [-0.2, -0.15) is 0 Å². The highest BCUT2D eigenvalue weighted by atomic mass is 79.9. The second-order valence-corrected chi connectivity index (χ2v) is 5.74. The molecule has 112 valence electrons. The van der Waals surface area contributed by atoms with Crippen molar-refractivity contribution in [3.8, 4) is 0 Å². The highest BCUT2D eigenvalue weighted by molar-refractivity contribution is 9.10. The fourth-order valence-corrected chi connectivity index (χ4v) is 2.75. The van der Waals surface area contributed by atoms with Crippen LogP contribution in [0.2, 0.25) is 0 Å². The van der Waals surface area contributed by atoms with E-state index in [1.54, 1.807) is 6.07 Å². The number of hydrogen-bond acceptors (Lipinski definition) is 2. The molecule has 1 saturated heterocycles. The molecule has 0 bridgehead atoms. The van der Waals surface area contributed by atoms with E-state index in [1.165, 1.54) is 25.0 Å². The number of halogens is 3. The van der Waals surface area contributed by atoms with Gasteiger partial charge in [0, 0.05) is 11.0 Å². The molecule has 1 amide bonds. The van der Waals surface area contributed by atoms with Crippen molar-refractivity contribution in [3.63, 3.8) is 0 Å². The largest absolute Gasteiger partial charge is 0.352 e. The number of amides is 1. The van der Waals surface area contributed by atoms with Crippen molar-refractivity contribution in [1.82, 2.24) is 10.6 Å². The molecule has 1 aliphatic rings. The van der Waals surface area contributed by atoms with E-state index in [1.807, 2.05) is 0 Å². The predicted octanol–water partition coefficient (Wildman–Crippen LogP) is 3.13. The van der Waals surface area contributed by atoms with Gasteiger partial charge in [0.25, 0.3) is 5.91 Å². The Labute approximate surface area is 133 Å². The molecule has 1 unspecified atom stereocenters. The Morgan fingerprint density at radius 1 is 1.50 bits per heavy atom. The van der Waals surface area contributed by atoms with Crippen LogP contribution in [-0.2, 0) is 0 Å². The van der Waals surface area contributed by atoms with Gasteiger partial charge < -0.3 is 10.6 Å². The fraction of sp³-hybridized carbons (Fsp3) is 0.500. The van der Waals surface area contributed by atoms with E-state index in [0.29, 0.717) is 22.5 Å². The highest BCUT2D eigenvalue weighted by Crippen LogP contribution is 2.18. The zero-order valence-electron chi connectivity index (χ0n) is 11.1. The summed E-state index contributed by atoms with van der Waals surface area (Å²) in [5.74, 6) is 0.00461. The van der Waals surface area contributed by atoms with Crippen molar-refractivity contribution in [2.75, 3.05) is 19.6 Å². The van der Waals surface area contributed by atoms with E-state index < -0.39 is 5.82 Å². The summed E-state index contributed by atoms with van der Waals surface area (Å²) in [7, 11) is 0. The summed E-state index contributed by atoms with van der Waals surface area (Å²) in [6.07, 6.45) is 3.38. The van der Waals surface area contributed by atoms with E-state index >= 15 is 0 Å². The molecule has 1 aliphatic heterocycles. The maximum Gasteiger partial charge on any atom is 0.252 e. The smallest absolute Gasteiger partial charge is 0.252 e. The Morgan fingerprint density at radius 2 is 2.30 bits per heavy atom. The van der Waals surface area contributed by atoms with Crippen molar-refractivity contribution in [2.24, 2.45) is 5.92 Å². The Balaban J connectivity index is 0.00000200. The SMILES string of the molecule is Cl.O=C(NCCC1CCCNC1)c1cc(F)ccc1Br. The molecule has 2 N–H and O–H groups in total. The van der Waals surface area contributed by atoms with Crippen molar-refractivity contribution >= 4 is 34.2 Å². The van der Waals surface area contributed by atoms with Gasteiger partial charge in [-0.25, -0.2) is 4.39 Å². The number of carbonyl (C=O) groups excluding carboxylic acids is 1. The first kappa shape index (κ1) is 17.4. The number of rotatable bonds is 4. The maximum absolute atomic E-state index is 13.1. The third kappa shape index (κ3) is 5.04. The molecule has 20 heavy (non-hydrogen) atoms. The predicted molar refractivity (Wildman–Crippen MR) is 83.9 cm³/mol. The zero-order valence-corrected chi connectivity index (χ0v) is 13.5. The van der Waals surface area contributed by atoms with Crippen LogP contribution in [-0.4, -0.2) is 25.5 Å². The van der Waals surface area contributed by atoms with Crippen LogP contribution in [0, 0.1) is 11.7 Å². The van der Waals surface area contributed by atoms with Crippen LogP contribution in [0.1, 0.15) is 29.6 Å². The van der Waals surface area contributed by atoms with E-state index in [4.69, 9.17) is 0 Å². The first-order valence-corrected chi connectivity index (χ1v) is 7.40. The van der Waals surface area contributed by atoms with E-state index in [0.717, 1.165) is 19.5 Å². The topological polar surface area (TPSA) is 41.1 Å². The lowest BCUT2D eigenvalue weighted by Crippen LogP contribution is -2.33. The summed E-state index contributed by atoms with van der Waals surface area (Å²) < 4.78 is 13.7. The molecule has 1 fully saturated rings. The first-order valence-electron chi connectivity index (χ1n) is 6.61. The molecular weight excluding hydrogens is 347 g/mol. The van der Waals surface area contributed by atoms with E-state index in [-0.39, 0.29) is 18.3 Å². The van der Waals surface area contributed by atoms with Gasteiger partial charge in [-0.1, -0.05) is 0 Å². The standard InChI is InChI=1S/C14H18BrFN2O.ClH/c15-13-4-3-11(16)8-12(13)14(19)18-7-5-10-2-1-6-17-9-10;/h3-4,8,10,17H,1-2,5-7,9H2,(H,18,19);1H. The van der Waals surface area contributed by atoms with Gasteiger partial charge >= 0.3 is 0 Å². The third-order valence-electron chi connectivity index (χ3n) is 3.41. The average Bonchev–Trinajstić information content (AvgIpc) is 2.42. The Kier molecular flexibility index (Phi) is 7.48. The van der Waals surface area contributed by atoms with Crippen LogP contribution in [0.3, 0.4) is 0 Å². The molecule has 6 heteroatoms. The molecule has 1 aromatic rings. The average molecular weight is 366 g/mol. The Hall–Kier alpha value is -0.650. The molecule has 0 radical (unpaired) electrons. The van der Waals surface area contributed by atoms with Crippen LogP contribution in [0.25, 0.3) is 0 Å². The number of piperidine rings is 1. The molecule has 3 nitrogen and oxygen atoms in total. The number of hydrogen-bond donors (Lipinski definition) is 2. The first-order chi connectivity index (χ1) is 9.16. The molecule has 0 spiro atoms. The van der Waals surface area contributed by atoms with E-state index in [9.17, 15) is 9.18 Å². The molecule has 1 atom stereocenters. The summed E-state index contributed by atoms with van der Waals surface area (Å²) >= 11 is 3.26. The zero-order chi connectivity index (χ0) is 13.7. The normalized spacial score (nSPS) is 18.2. The van der Waals surface area contributed by atoms with Gasteiger partial charge in [-0.3, -0.25) is 4.79 Å². The van der Waals surface area contributed by atoms with Crippen molar-refractivity contribution in [3.05, 3.63) is 34.1 Å². The number of benzene rings is 1. The Morgan fingerprint density at radius 3 is 3.00 bits per heavy atom. The molecule has 1 aromatic carbocycles. The van der Waals surface area contributed by atoms with Crippen LogP contribution in [0.15, 0.2) is 22.7 Å². The van der Waals surface area contributed by atoms with Gasteiger partial charge in [0.05, 0.1) is 5.56 Å². The third-order valence-corrected chi connectivity index (χ3v) is 4.10. The second-order valence-electron chi connectivity index (χ2n) is 4.88. The Bertz CT molecular complexity index is 453. The highest BCUT2D eigenvalue weighted by Gasteiger charge is 2.14. The molecular formula is C14H19BrClFN2O. The maximum atomic E-state index is 13.1. The minimum atomic E-state index is -0.398. The number of carbonyl (C=O) groups is 1. The minimum Gasteiger partial charge on any atom is -0.352 e.